The first-order chi connectivity index (χ1) is 7.90. The van der Waals surface area contributed by atoms with E-state index in [0.29, 0.717) is 5.17 Å². The number of nitrogens with two attached hydrogens (primary N) is 1. The minimum Gasteiger partial charge on any atom is -0.379 e. The molecule has 17 heavy (non-hydrogen) atoms. The number of hydrogen-bond acceptors (Lipinski definition) is 2. The number of rotatable bonds is 2. The van der Waals surface area contributed by atoms with Gasteiger partial charge in [0.15, 0.2) is 5.17 Å². The summed E-state index contributed by atoms with van der Waals surface area (Å²) >= 11 is 19.2. The van der Waals surface area contributed by atoms with Crippen LogP contribution in [0.2, 0.25) is 0 Å². The van der Waals surface area contributed by atoms with E-state index in [1.165, 1.54) is 11.8 Å². The molecule has 0 aromatic heterocycles. The topological polar surface area (TPSA) is 38.4 Å². The summed E-state index contributed by atoms with van der Waals surface area (Å²) < 4.78 is 4.89. The average Bonchev–Trinajstić information content (AvgIpc) is 2.33. The van der Waals surface area contributed by atoms with Crippen molar-refractivity contribution in [2.24, 2.45) is 10.7 Å². The van der Waals surface area contributed by atoms with E-state index >= 15 is 0 Å². The third-order valence-corrected chi connectivity index (χ3v) is 9.05. The largest absolute Gasteiger partial charge is 0.379 e. The summed E-state index contributed by atoms with van der Waals surface area (Å²) in [6, 6.07) is 0. The highest BCUT2D eigenvalue weighted by Crippen LogP contribution is 2.45. The Bertz CT molecular complexity index is 446. The normalized spacial score (nSPS) is 12.0. The van der Waals surface area contributed by atoms with Gasteiger partial charge in [-0.3, -0.25) is 4.99 Å². The van der Waals surface area contributed by atoms with Gasteiger partial charge >= 0.3 is 0 Å². The molecule has 0 aliphatic carbocycles. The van der Waals surface area contributed by atoms with Gasteiger partial charge in [0.25, 0.3) is 0 Å². The van der Waals surface area contributed by atoms with Crippen LogP contribution in [-0.4, -0.2) is 12.2 Å². The first kappa shape index (κ1) is 16.5. The Kier molecular flexibility index (Phi) is 7.07. The maximum atomic E-state index is 5.68. The number of amidine groups is 1. The van der Waals surface area contributed by atoms with Gasteiger partial charge in [-0.05, 0) is 85.2 Å². The van der Waals surface area contributed by atoms with Crippen molar-refractivity contribution in [1.82, 2.24) is 0 Å². The Morgan fingerprint density at radius 3 is 1.82 bits per heavy atom. The molecule has 0 heterocycles. The molecule has 0 aliphatic rings. The highest BCUT2D eigenvalue weighted by Gasteiger charge is 2.17. The van der Waals surface area contributed by atoms with E-state index in [1.807, 2.05) is 0 Å². The van der Waals surface area contributed by atoms with Crippen LogP contribution in [0.3, 0.4) is 0 Å². The van der Waals surface area contributed by atoms with Crippen LogP contribution in [0.15, 0.2) is 27.4 Å². The standard InChI is InChI=1S/C9H7Br5N2S/c1-16-9(15)17-2-3-4(10)6(12)8(14)7(13)5(3)11/h2H2,1H3,(H2,15,16). The van der Waals surface area contributed by atoms with E-state index in [1.54, 1.807) is 7.05 Å². The Morgan fingerprint density at radius 1 is 1.00 bits per heavy atom. The van der Waals surface area contributed by atoms with Crippen LogP contribution >= 0.6 is 91.4 Å². The lowest BCUT2D eigenvalue weighted by Crippen LogP contribution is -2.06. The van der Waals surface area contributed by atoms with E-state index in [0.717, 1.165) is 33.7 Å². The van der Waals surface area contributed by atoms with Crippen molar-refractivity contribution in [3.8, 4) is 0 Å². The van der Waals surface area contributed by atoms with Gasteiger partial charge in [0, 0.05) is 35.2 Å². The van der Waals surface area contributed by atoms with E-state index in [4.69, 9.17) is 5.73 Å². The van der Waals surface area contributed by atoms with Crippen molar-refractivity contribution in [3.63, 3.8) is 0 Å². The van der Waals surface area contributed by atoms with Gasteiger partial charge < -0.3 is 5.73 Å². The molecule has 1 aromatic rings. The van der Waals surface area contributed by atoms with Gasteiger partial charge in [-0.15, -0.1) is 0 Å². The van der Waals surface area contributed by atoms with Gasteiger partial charge in [-0.2, -0.15) is 0 Å². The maximum absolute atomic E-state index is 5.68. The quantitative estimate of drug-likeness (QED) is 0.214. The van der Waals surface area contributed by atoms with Crippen LogP contribution in [-0.2, 0) is 5.75 Å². The zero-order chi connectivity index (χ0) is 13.2. The molecule has 94 valence electrons. The molecule has 0 bridgehead atoms. The number of hydrogen-bond donors (Lipinski definition) is 1. The molecule has 0 aliphatic heterocycles. The summed E-state index contributed by atoms with van der Waals surface area (Å²) in [4.78, 5) is 3.92. The molecular weight excluding hydrogens is 568 g/mol. The molecule has 0 radical (unpaired) electrons. The average molecular weight is 575 g/mol. The predicted molar refractivity (Wildman–Crippen MR) is 93.8 cm³/mol. The van der Waals surface area contributed by atoms with Crippen LogP contribution in [0.4, 0.5) is 0 Å². The lowest BCUT2D eigenvalue weighted by Gasteiger charge is -2.13. The molecule has 8 heteroatoms. The number of benzene rings is 1. The van der Waals surface area contributed by atoms with E-state index in [-0.39, 0.29) is 0 Å². The van der Waals surface area contributed by atoms with Gasteiger partial charge in [0.2, 0.25) is 0 Å². The maximum Gasteiger partial charge on any atom is 0.153 e. The second kappa shape index (κ2) is 7.28. The summed E-state index contributed by atoms with van der Waals surface area (Å²) in [7, 11) is 1.68. The Hall–Kier alpha value is 1.44. The molecule has 2 N–H and O–H groups in total. The minimum atomic E-state index is 0.568. The third kappa shape index (κ3) is 3.95. The van der Waals surface area contributed by atoms with Crippen molar-refractivity contribution < 1.29 is 0 Å². The van der Waals surface area contributed by atoms with E-state index < -0.39 is 0 Å². The Labute approximate surface area is 146 Å². The molecule has 0 amide bonds. The second-order valence-corrected chi connectivity index (χ2v) is 7.86. The van der Waals surface area contributed by atoms with E-state index in [9.17, 15) is 0 Å². The summed E-state index contributed by atoms with van der Waals surface area (Å²) in [6.07, 6.45) is 0. The van der Waals surface area contributed by atoms with Gasteiger partial charge in [-0.25, -0.2) is 0 Å². The first-order valence-corrected chi connectivity index (χ1v) is 9.20. The lowest BCUT2D eigenvalue weighted by molar-refractivity contribution is 1.30. The zero-order valence-electron chi connectivity index (χ0n) is 8.53. The molecule has 1 aromatic carbocycles. The SMILES string of the molecule is CN=C(N)SCc1c(Br)c(Br)c(Br)c(Br)c1Br. The van der Waals surface area contributed by atoms with Gasteiger partial charge in [0.05, 0.1) is 0 Å². The fourth-order valence-electron chi connectivity index (χ4n) is 0.988. The Morgan fingerprint density at radius 2 is 1.41 bits per heavy atom. The number of halogens is 5. The summed E-state index contributed by atoms with van der Waals surface area (Å²) in [5.41, 5.74) is 6.79. The molecule has 0 saturated carbocycles. The van der Waals surface area contributed by atoms with Crippen molar-refractivity contribution >= 4 is 96.6 Å². The minimum absolute atomic E-state index is 0.568. The van der Waals surface area contributed by atoms with Crippen LogP contribution in [0.5, 0.6) is 0 Å². The van der Waals surface area contributed by atoms with Crippen molar-refractivity contribution in [1.29, 1.82) is 0 Å². The molecule has 1 rings (SSSR count). The smallest absolute Gasteiger partial charge is 0.153 e. The summed E-state index contributed by atoms with van der Waals surface area (Å²) in [5, 5.41) is 0.568. The Balaban J connectivity index is 3.16. The zero-order valence-corrected chi connectivity index (χ0v) is 17.3. The van der Waals surface area contributed by atoms with Crippen LogP contribution in [0, 0.1) is 0 Å². The number of aliphatic imine (C=N–C) groups is 1. The summed E-state index contributed by atoms with van der Waals surface area (Å²) in [6.45, 7) is 0. The number of nitrogens with zero attached hydrogens (tertiary/aromatic N) is 1. The molecule has 2 nitrogen and oxygen atoms in total. The lowest BCUT2D eigenvalue weighted by atomic mass is 10.2. The molecule has 0 spiro atoms. The molecule has 0 saturated heterocycles. The highest BCUT2D eigenvalue weighted by molar-refractivity contribution is 9.15. The van der Waals surface area contributed by atoms with Crippen LogP contribution < -0.4 is 5.73 Å². The molecule has 0 unspecified atom stereocenters. The third-order valence-electron chi connectivity index (χ3n) is 1.89. The molecular formula is C9H7Br5N2S. The van der Waals surface area contributed by atoms with Crippen LogP contribution in [0.1, 0.15) is 5.56 Å². The number of thioether (sulfide) groups is 1. The van der Waals surface area contributed by atoms with Crippen molar-refractivity contribution in [3.05, 3.63) is 27.9 Å². The predicted octanol–water partition coefficient (Wildman–Crippen LogP) is 5.68. The fraction of sp³-hybridized carbons (Fsp3) is 0.222. The van der Waals surface area contributed by atoms with Crippen molar-refractivity contribution in [2.45, 2.75) is 5.75 Å². The van der Waals surface area contributed by atoms with Gasteiger partial charge in [-0.1, -0.05) is 11.8 Å². The second-order valence-electron chi connectivity index (χ2n) is 2.90. The molecule has 0 atom stereocenters. The first-order valence-electron chi connectivity index (χ1n) is 4.25. The molecule has 0 fully saturated rings. The highest BCUT2D eigenvalue weighted by atomic mass is 79.9. The van der Waals surface area contributed by atoms with E-state index in [2.05, 4.69) is 84.6 Å². The van der Waals surface area contributed by atoms with Crippen molar-refractivity contribution in [2.75, 3.05) is 7.05 Å². The monoisotopic (exact) mass is 570 g/mol. The fourth-order valence-corrected chi connectivity index (χ4v) is 5.48. The van der Waals surface area contributed by atoms with Gasteiger partial charge in [0.1, 0.15) is 0 Å². The van der Waals surface area contributed by atoms with Crippen LogP contribution in [0.25, 0.3) is 0 Å². The summed E-state index contributed by atoms with van der Waals surface area (Å²) in [5.74, 6) is 0.731.